The molecule has 2 rings (SSSR count). The lowest BCUT2D eigenvalue weighted by Crippen LogP contribution is -2.30. The van der Waals surface area contributed by atoms with E-state index in [0.717, 1.165) is 10.0 Å². The highest BCUT2D eigenvalue weighted by Crippen LogP contribution is 2.23. The summed E-state index contributed by atoms with van der Waals surface area (Å²) < 4.78 is 1.01. The molecule has 2 aromatic rings. The molecular formula is C15H15BrN2O3. The molecule has 0 bridgehead atoms. The van der Waals surface area contributed by atoms with Gasteiger partial charge in [-0.3, -0.25) is 0 Å². The van der Waals surface area contributed by atoms with Crippen molar-refractivity contribution in [2.75, 3.05) is 11.9 Å². The molecule has 6 heteroatoms. The van der Waals surface area contributed by atoms with Crippen LogP contribution in [0.25, 0.3) is 0 Å². The highest BCUT2D eigenvalue weighted by atomic mass is 79.9. The van der Waals surface area contributed by atoms with Crippen molar-refractivity contribution in [3.8, 4) is 11.5 Å². The molecular weight excluding hydrogens is 336 g/mol. The van der Waals surface area contributed by atoms with Crippen LogP contribution in [0.1, 0.15) is 5.56 Å². The minimum atomic E-state index is -0.392. The molecule has 0 atom stereocenters. The molecule has 0 fully saturated rings. The Balaban J connectivity index is 1.80. The average molecular weight is 351 g/mol. The Morgan fingerprint density at radius 2 is 1.67 bits per heavy atom. The van der Waals surface area contributed by atoms with Gasteiger partial charge in [-0.15, -0.1) is 0 Å². The van der Waals surface area contributed by atoms with Crippen LogP contribution in [0, 0.1) is 0 Å². The number of benzene rings is 2. The molecule has 0 spiro atoms. The van der Waals surface area contributed by atoms with Gasteiger partial charge in [-0.1, -0.05) is 28.1 Å². The Morgan fingerprint density at radius 1 is 1.05 bits per heavy atom. The van der Waals surface area contributed by atoms with E-state index in [1.54, 1.807) is 0 Å². The number of amides is 2. The van der Waals surface area contributed by atoms with Crippen molar-refractivity contribution in [3.63, 3.8) is 0 Å². The van der Waals surface area contributed by atoms with E-state index in [2.05, 4.69) is 26.6 Å². The first-order chi connectivity index (χ1) is 10.0. The van der Waals surface area contributed by atoms with Crippen molar-refractivity contribution >= 4 is 27.6 Å². The van der Waals surface area contributed by atoms with Crippen LogP contribution >= 0.6 is 15.9 Å². The summed E-state index contributed by atoms with van der Waals surface area (Å²) in [5.74, 6) is -0.222. The Kier molecular flexibility index (Phi) is 5.05. The lowest BCUT2D eigenvalue weighted by molar-refractivity contribution is 0.252. The van der Waals surface area contributed by atoms with Crippen molar-refractivity contribution < 1.29 is 15.0 Å². The number of nitrogens with one attached hydrogen (secondary N) is 2. The van der Waals surface area contributed by atoms with Gasteiger partial charge < -0.3 is 20.8 Å². The van der Waals surface area contributed by atoms with Crippen molar-refractivity contribution in [1.82, 2.24) is 5.32 Å². The van der Waals surface area contributed by atoms with Crippen LogP contribution in [0.2, 0.25) is 0 Å². The third-order valence-corrected chi connectivity index (χ3v) is 3.30. The van der Waals surface area contributed by atoms with Gasteiger partial charge in [0.2, 0.25) is 0 Å². The van der Waals surface area contributed by atoms with Gasteiger partial charge in [0.25, 0.3) is 0 Å². The molecule has 0 radical (unpaired) electrons. The maximum Gasteiger partial charge on any atom is 0.319 e. The molecule has 5 nitrogen and oxygen atoms in total. The van der Waals surface area contributed by atoms with Crippen LogP contribution in [0.3, 0.4) is 0 Å². The van der Waals surface area contributed by atoms with E-state index < -0.39 is 6.03 Å². The number of carbonyl (C=O) groups excluding carboxylic acids is 1. The van der Waals surface area contributed by atoms with E-state index in [4.69, 9.17) is 0 Å². The first kappa shape index (κ1) is 15.2. The van der Waals surface area contributed by atoms with Crippen LogP contribution < -0.4 is 10.6 Å². The number of halogens is 1. The van der Waals surface area contributed by atoms with Crippen LogP contribution in [-0.4, -0.2) is 22.8 Å². The standard InChI is InChI=1S/C15H15BrN2O3/c16-11-3-1-10(2-4-11)5-6-17-15(21)18-12-7-13(19)9-14(20)8-12/h1-4,7-9,19-20H,5-6H2,(H2,17,18,21). The number of rotatable bonds is 4. The predicted octanol–water partition coefficient (Wildman–Crippen LogP) is 3.22. The van der Waals surface area contributed by atoms with E-state index in [0.29, 0.717) is 18.7 Å². The Morgan fingerprint density at radius 3 is 2.29 bits per heavy atom. The molecule has 0 aliphatic rings. The smallest absolute Gasteiger partial charge is 0.319 e. The summed E-state index contributed by atoms with van der Waals surface area (Å²) >= 11 is 3.36. The third-order valence-electron chi connectivity index (χ3n) is 2.77. The van der Waals surface area contributed by atoms with Gasteiger partial charge in [-0.05, 0) is 24.1 Å². The Bertz CT molecular complexity index is 609. The molecule has 110 valence electrons. The second-order valence-electron chi connectivity index (χ2n) is 4.50. The lowest BCUT2D eigenvalue weighted by Gasteiger charge is -2.08. The molecule has 0 saturated heterocycles. The molecule has 0 heterocycles. The van der Waals surface area contributed by atoms with E-state index in [-0.39, 0.29) is 11.5 Å². The zero-order valence-corrected chi connectivity index (χ0v) is 12.7. The van der Waals surface area contributed by atoms with E-state index in [9.17, 15) is 15.0 Å². The predicted molar refractivity (Wildman–Crippen MR) is 84.6 cm³/mol. The maximum absolute atomic E-state index is 11.7. The second kappa shape index (κ2) is 6.99. The van der Waals surface area contributed by atoms with E-state index in [1.165, 1.54) is 18.2 Å². The molecule has 0 aliphatic carbocycles. The number of hydrogen-bond donors (Lipinski definition) is 4. The van der Waals surface area contributed by atoms with Crippen LogP contribution in [-0.2, 0) is 6.42 Å². The summed E-state index contributed by atoms with van der Waals surface area (Å²) in [7, 11) is 0. The quantitative estimate of drug-likeness (QED) is 0.683. The van der Waals surface area contributed by atoms with Crippen LogP contribution in [0.5, 0.6) is 11.5 Å². The van der Waals surface area contributed by atoms with Crippen molar-refractivity contribution in [2.24, 2.45) is 0 Å². The molecule has 21 heavy (non-hydrogen) atoms. The monoisotopic (exact) mass is 350 g/mol. The molecule has 2 amide bonds. The Hall–Kier alpha value is -2.21. The topological polar surface area (TPSA) is 81.6 Å². The number of urea groups is 1. The summed E-state index contributed by atoms with van der Waals surface area (Å²) in [5.41, 5.74) is 1.45. The zero-order valence-electron chi connectivity index (χ0n) is 11.1. The van der Waals surface area contributed by atoms with Gasteiger partial charge in [-0.2, -0.15) is 0 Å². The second-order valence-corrected chi connectivity index (χ2v) is 5.41. The summed E-state index contributed by atoms with van der Waals surface area (Å²) in [4.78, 5) is 11.7. The van der Waals surface area contributed by atoms with Crippen molar-refractivity contribution in [1.29, 1.82) is 0 Å². The number of anilines is 1. The number of carbonyl (C=O) groups is 1. The van der Waals surface area contributed by atoms with Gasteiger partial charge in [0.05, 0.1) is 0 Å². The number of hydrogen-bond acceptors (Lipinski definition) is 3. The largest absolute Gasteiger partial charge is 0.508 e. The summed E-state index contributed by atoms with van der Waals surface area (Å²) in [5, 5.41) is 23.9. The highest BCUT2D eigenvalue weighted by molar-refractivity contribution is 9.10. The fourth-order valence-electron chi connectivity index (χ4n) is 1.81. The third kappa shape index (κ3) is 5.00. The van der Waals surface area contributed by atoms with Crippen molar-refractivity contribution in [2.45, 2.75) is 6.42 Å². The van der Waals surface area contributed by atoms with Crippen molar-refractivity contribution in [3.05, 3.63) is 52.5 Å². The molecule has 0 unspecified atom stereocenters. The van der Waals surface area contributed by atoms with Gasteiger partial charge in [0, 0.05) is 34.9 Å². The highest BCUT2D eigenvalue weighted by Gasteiger charge is 2.04. The van der Waals surface area contributed by atoms with Crippen LogP contribution in [0.4, 0.5) is 10.5 Å². The van der Waals surface area contributed by atoms with Gasteiger partial charge in [0.1, 0.15) is 11.5 Å². The van der Waals surface area contributed by atoms with E-state index in [1.807, 2.05) is 24.3 Å². The fourth-order valence-corrected chi connectivity index (χ4v) is 2.08. The number of phenolic OH excluding ortho intramolecular Hbond substituents is 2. The first-order valence-corrected chi connectivity index (χ1v) is 7.14. The molecule has 0 aliphatic heterocycles. The Labute approximate surface area is 130 Å². The molecule has 0 aromatic heterocycles. The van der Waals surface area contributed by atoms with Gasteiger partial charge >= 0.3 is 6.03 Å². The molecule has 2 aromatic carbocycles. The maximum atomic E-state index is 11.7. The molecule has 0 saturated carbocycles. The normalized spacial score (nSPS) is 10.1. The van der Waals surface area contributed by atoms with Gasteiger partial charge in [-0.25, -0.2) is 4.79 Å². The minimum Gasteiger partial charge on any atom is -0.508 e. The summed E-state index contributed by atoms with van der Waals surface area (Å²) in [6.07, 6.45) is 0.714. The van der Waals surface area contributed by atoms with E-state index >= 15 is 0 Å². The minimum absolute atomic E-state index is 0.111. The number of phenols is 2. The average Bonchev–Trinajstić information content (AvgIpc) is 2.39. The number of aromatic hydroxyl groups is 2. The van der Waals surface area contributed by atoms with Gasteiger partial charge in [0.15, 0.2) is 0 Å². The fraction of sp³-hybridized carbons (Fsp3) is 0.133. The summed E-state index contributed by atoms with van der Waals surface area (Å²) in [6, 6.07) is 11.4. The summed E-state index contributed by atoms with van der Waals surface area (Å²) in [6.45, 7) is 0.484. The molecule has 4 N–H and O–H groups in total. The lowest BCUT2D eigenvalue weighted by atomic mass is 10.1. The van der Waals surface area contributed by atoms with Crippen LogP contribution in [0.15, 0.2) is 46.9 Å². The SMILES string of the molecule is O=C(NCCc1ccc(Br)cc1)Nc1cc(O)cc(O)c1. The first-order valence-electron chi connectivity index (χ1n) is 6.35. The zero-order chi connectivity index (χ0) is 15.2.